The van der Waals surface area contributed by atoms with Gasteiger partial charge in [0.2, 0.25) is 0 Å². The summed E-state index contributed by atoms with van der Waals surface area (Å²) in [6.07, 6.45) is 5.82. The molecular weight excluding hydrogens is 292 g/mol. The van der Waals surface area contributed by atoms with Gasteiger partial charge in [0.15, 0.2) is 11.5 Å². The van der Waals surface area contributed by atoms with E-state index in [-0.39, 0.29) is 10.8 Å². The van der Waals surface area contributed by atoms with E-state index in [9.17, 15) is 0 Å². The summed E-state index contributed by atoms with van der Waals surface area (Å²) in [7, 11) is 0. The minimum atomic E-state index is 0.189. The number of rotatable bonds is 7. The van der Waals surface area contributed by atoms with Gasteiger partial charge in [-0.2, -0.15) is 0 Å². The predicted molar refractivity (Wildman–Crippen MR) is 95.8 cm³/mol. The van der Waals surface area contributed by atoms with Gasteiger partial charge in [0.25, 0.3) is 0 Å². The molecule has 2 nitrogen and oxygen atoms in total. The molecule has 0 saturated carbocycles. The first-order chi connectivity index (χ1) is 10.5. The fourth-order valence-corrected chi connectivity index (χ4v) is 5.04. The highest BCUT2D eigenvalue weighted by molar-refractivity contribution is 7.13. The Morgan fingerprint density at radius 1 is 0.818 bits per heavy atom. The van der Waals surface area contributed by atoms with Crippen molar-refractivity contribution in [3.8, 4) is 11.5 Å². The van der Waals surface area contributed by atoms with E-state index in [1.165, 1.54) is 22.6 Å². The molecule has 1 aromatic heterocycles. The smallest absolute Gasteiger partial charge is 0.176 e. The van der Waals surface area contributed by atoms with Gasteiger partial charge in [-0.15, -0.1) is 11.3 Å². The molecule has 1 aliphatic rings. The van der Waals surface area contributed by atoms with Gasteiger partial charge < -0.3 is 9.47 Å². The van der Waals surface area contributed by atoms with Crippen LogP contribution in [0.4, 0.5) is 0 Å². The molecule has 0 N–H and O–H groups in total. The third-order valence-electron chi connectivity index (χ3n) is 5.64. The third-order valence-corrected chi connectivity index (χ3v) is 7.40. The number of fused-ring (bicyclic) bond motifs is 1. The van der Waals surface area contributed by atoms with Crippen LogP contribution in [-0.2, 0) is 10.8 Å². The summed E-state index contributed by atoms with van der Waals surface area (Å²) in [5, 5.41) is 0. The average molecular weight is 325 g/mol. The Morgan fingerprint density at radius 2 is 1.27 bits per heavy atom. The van der Waals surface area contributed by atoms with Crippen LogP contribution in [0.1, 0.15) is 83.4 Å². The lowest BCUT2D eigenvalue weighted by Gasteiger charge is -2.29. The van der Waals surface area contributed by atoms with Crippen LogP contribution >= 0.6 is 11.3 Å². The van der Waals surface area contributed by atoms with Crippen molar-refractivity contribution >= 4 is 11.3 Å². The molecule has 0 amide bonds. The maximum Gasteiger partial charge on any atom is 0.176 e. The topological polar surface area (TPSA) is 18.5 Å². The van der Waals surface area contributed by atoms with Crippen LogP contribution in [0, 0.1) is 0 Å². The number of thiophene rings is 1. The molecule has 0 aromatic carbocycles. The third kappa shape index (κ3) is 2.89. The van der Waals surface area contributed by atoms with Crippen molar-refractivity contribution in [2.24, 2.45) is 0 Å². The highest BCUT2D eigenvalue weighted by atomic mass is 32.1. The molecule has 2 heterocycles. The average Bonchev–Trinajstić information content (AvgIpc) is 2.95. The molecule has 1 unspecified atom stereocenters. The van der Waals surface area contributed by atoms with Gasteiger partial charge in [0.05, 0.1) is 9.75 Å². The van der Waals surface area contributed by atoms with E-state index in [4.69, 9.17) is 9.47 Å². The molecule has 0 saturated heterocycles. The second kappa shape index (κ2) is 6.82. The van der Waals surface area contributed by atoms with Crippen LogP contribution < -0.4 is 9.47 Å². The van der Waals surface area contributed by atoms with Gasteiger partial charge in [-0.1, -0.05) is 48.0 Å². The zero-order valence-corrected chi connectivity index (χ0v) is 16.0. The summed E-state index contributed by atoms with van der Waals surface area (Å²) in [5.74, 6) is 2.10. The standard InChI is InChI=1S/C19H32O2S/c1-7-11-19(6,10-4)17-15-14(20-12-13-21-15)16(22-17)18(5,8-2)9-3/h7-13H2,1-6H3. The molecule has 0 fully saturated rings. The van der Waals surface area contributed by atoms with Gasteiger partial charge in [-0.05, 0) is 25.7 Å². The first kappa shape index (κ1) is 17.7. The molecule has 1 aromatic rings. The summed E-state index contributed by atoms with van der Waals surface area (Å²) in [6, 6.07) is 0. The van der Waals surface area contributed by atoms with E-state index in [0.717, 1.165) is 30.8 Å². The molecular formula is C19H32O2S. The lowest BCUT2D eigenvalue weighted by Crippen LogP contribution is -2.23. The van der Waals surface area contributed by atoms with Crippen molar-refractivity contribution in [2.45, 2.75) is 84.5 Å². The van der Waals surface area contributed by atoms with E-state index in [1.807, 2.05) is 11.3 Å². The van der Waals surface area contributed by atoms with Gasteiger partial charge in [-0.25, -0.2) is 0 Å². The zero-order chi connectivity index (χ0) is 16.4. The number of hydrogen-bond acceptors (Lipinski definition) is 3. The first-order valence-electron chi connectivity index (χ1n) is 8.89. The van der Waals surface area contributed by atoms with Crippen molar-refractivity contribution in [2.75, 3.05) is 13.2 Å². The van der Waals surface area contributed by atoms with Crippen LogP contribution in [0.5, 0.6) is 11.5 Å². The lowest BCUT2D eigenvalue weighted by molar-refractivity contribution is 0.165. The predicted octanol–water partition coefficient (Wildman–Crippen LogP) is 6.06. The largest absolute Gasteiger partial charge is 0.485 e. The fraction of sp³-hybridized carbons (Fsp3) is 0.789. The minimum absolute atomic E-state index is 0.189. The van der Waals surface area contributed by atoms with Crippen LogP contribution in [0.2, 0.25) is 0 Å². The van der Waals surface area contributed by atoms with E-state index >= 15 is 0 Å². The van der Waals surface area contributed by atoms with Crippen molar-refractivity contribution in [3.63, 3.8) is 0 Å². The highest BCUT2D eigenvalue weighted by Crippen LogP contribution is 2.55. The molecule has 126 valence electrons. The maximum atomic E-state index is 6.10. The molecule has 22 heavy (non-hydrogen) atoms. The van der Waals surface area contributed by atoms with E-state index in [0.29, 0.717) is 13.2 Å². The molecule has 1 atom stereocenters. The quantitative estimate of drug-likeness (QED) is 0.606. The molecule has 3 heteroatoms. The Labute approximate surface area is 140 Å². The Balaban J connectivity index is 2.59. The Kier molecular flexibility index (Phi) is 5.47. The monoisotopic (exact) mass is 324 g/mol. The van der Waals surface area contributed by atoms with Crippen LogP contribution in [0.3, 0.4) is 0 Å². The normalized spacial score (nSPS) is 17.4. The SMILES string of the molecule is CCCC(C)(CC)c1sc(C(C)(CC)CC)c2c1OCCO2. The lowest BCUT2D eigenvalue weighted by atomic mass is 9.80. The van der Waals surface area contributed by atoms with Crippen molar-refractivity contribution < 1.29 is 9.47 Å². The Hall–Kier alpha value is -0.700. The molecule has 1 aliphatic heterocycles. The fourth-order valence-electron chi connectivity index (χ4n) is 3.32. The van der Waals surface area contributed by atoms with E-state index < -0.39 is 0 Å². The zero-order valence-electron chi connectivity index (χ0n) is 15.2. The number of hydrogen-bond donors (Lipinski definition) is 0. The molecule has 2 rings (SSSR count). The van der Waals surface area contributed by atoms with Crippen LogP contribution in [0.15, 0.2) is 0 Å². The van der Waals surface area contributed by atoms with Gasteiger partial charge in [0, 0.05) is 10.8 Å². The summed E-state index contributed by atoms with van der Waals surface area (Å²) in [5.41, 5.74) is 0.388. The van der Waals surface area contributed by atoms with Crippen LogP contribution in [0.25, 0.3) is 0 Å². The summed E-state index contributed by atoms with van der Waals surface area (Å²) >= 11 is 1.95. The summed E-state index contributed by atoms with van der Waals surface area (Å²) in [6.45, 7) is 15.2. The summed E-state index contributed by atoms with van der Waals surface area (Å²) in [4.78, 5) is 2.81. The molecule has 0 bridgehead atoms. The van der Waals surface area contributed by atoms with Crippen molar-refractivity contribution in [3.05, 3.63) is 9.75 Å². The van der Waals surface area contributed by atoms with E-state index in [2.05, 4.69) is 41.5 Å². The van der Waals surface area contributed by atoms with Crippen LogP contribution in [-0.4, -0.2) is 13.2 Å². The maximum absolute atomic E-state index is 6.10. The number of ether oxygens (including phenoxy) is 2. The summed E-state index contributed by atoms with van der Waals surface area (Å²) < 4.78 is 12.2. The van der Waals surface area contributed by atoms with Crippen molar-refractivity contribution in [1.29, 1.82) is 0 Å². The molecule has 0 spiro atoms. The molecule has 0 radical (unpaired) electrons. The highest BCUT2D eigenvalue weighted by Gasteiger charge is 2.39. The Morgan fingerprint density at radius 3 is 1.68 bits per heavy atom. The second-order valence-corrected chi connectivity index (χ2v) is 8.07. The van der Waals surface area contributed by atoms with Crippen molar-refractivity contribution in [1.82, 2.24) is 0 Å². The van der Waals surface area contributed by atoms with Gasteiger partial charge in [0.1, 0.15) is 13.2 Å². The van der Waals surface area contributed by atoms with Gasteiger partial charge in [-0.3, -0.25) is 0 Å². The Bertz CT molecular complexity index is 502. The first-order valence-corrected chi connectivity index (χ1v) is 9.70. The minimum Gasteiger partial charge on any atom is -0.485 e. The van der Waals surface area contributed by atoms with Gasteiger partial charge >= 0.3 is 0 Å². The van der Waals surface area contributed by atoms with E-state index in [1.54, 1.807) is 0 Å². The molecule has 0 aliphatic carbocycles. The second-order valence-electron chi connectivity index (χ2n) is 7.05.